The lowest BCUT2D eigenvalue weighted by atomic mass is 10.0. The zero-order chi connectivity index (χ0) is 13.1. The van der Waals surface area contributed by atoms with E-state index >= 15 is 0 Å². The summed E-state index contributed by atoms with van der Waals surface area (Å²) in [7, 11) is 0. The van der Waals surface area contributed by atoms with E-state index in [-0.39, 0.29) is 12.5 Å². The van der Waals surface area contributed by atoms with E-state index in [1.165, 1.54) is 17.7 Å². The fourth-order valence-corrected chi connectivity index (χ4v) is 2.01. The summed E-state index contributed by atoms with van der Waals surface area (Å²) in [4.78, 5) is 16.6. The minimum Gasteiger partial charge on any atom is -0.465 e. The molecule has 5 nitrogen and oxygen atoms in total. The van der Waals surface area contributed by atoms with Crippen molar-refractivity contribution in [3.05, 3.63) is 54.3 Å². The van der Waals surface area contributed by atoms with Crippen LogP contribution < -0.4 is 0 Å². The van der Waals surface area contributed by atoms with Gasteiger partial charge in [-0.05, 0) is 18.4 Å². The Hall–Kier alpha value is -2.01. The Kier molecular flexibility index (Phi) is 3.37. The first kappa shape index (κ1) is 12.0. The summed E-state index contributed by atoms with van der Waals surface area (Å²) in [5.41, 5.74) is 1.09. The standard InChI is InChI=1S/C14H14NO4/c16-14-6-7-18-15(14)8-12-9-17-10-13(19-12)11-4-2-1-3-5-11/h1-2,4,6,9-10H,3,5,7-8H2. The summed E-state index contributed by atoms with van der Waals surface area (Å²) in [6, 6.07) is 0. The minimum atomic E-state index is -0.152. The fourth-order valence-electron chi connectivity index (χ4n) is 2.01. The molecule has 1 radical (unpaired) electrons. The van der Waals surface area contributed by atoms with Crippen LogP contribution in [-0.4, -0.2) is 24.1 Å². The number of hydroxylamine groups is 2. The number of allylic oxidation sites excluding steroid dienone is 4. The molecule has 19 heavy (non-hydrogen) atoms. The molecule has 2 aliphatic heterocycles. The molecule has 99 valence electrons. The maximum Gasteiger partial charge on any atom is 0.252 e. The van der Waals surface area contributed by atoms with E-state index < -0.39 is 0 Å². The highest BCUT2D eigenvalue weighted by Gasteiger charge is 2.25. The summed E-state index contributed by atoms with van der Waals surface area (Å²) in [6.07, 6.45) is 12.6. The first-order valence-corrected chi connectivity index (χ1v) is 6.19. The van der Waals surface area contributed by atoms with Crippen molar-refractivity contribution in [3.63, 3.8) is 0 Å². The molecule has 0 aromatic rings. The van der Waals surface area contributed by atoms with Crippen molar-refractivity contribution in [1.29, 1.82) is 0 Å². The van der Waals surface area contributed by atoms with Crippen LogP contribution in [0.5, 0.6) is 0 Å². The molecule has 0 aromatic heterocycles. The van der Waals surface area contributed by atoms with Gasteiger partial charge in [0, 0.05) is 0 Å². The van der Waals surface area contributed by atoms with Crippen molar-refractivity contribution >= 4 is 5.91 Å². The summed E-state index contributed by atoms with van der Waals surface area (Å²) < 4.78 is 11.0. The summed E-state index contributed by atoms with van der Waals surface area (Å²) in [5, 5.41) is 1.26. The Morgan fingerprint density at radius 2 is 2.26 bits per heavy atom. The third-order valence-electron chi connectivity index (χ3n) is 2.98. The number of nitrogens with zero attached hydrogens (tertiary/aromatic N) is 1. The number of hydrogen-bond acceptors (Lipinski definition) is 4. The smallest absolute Gasteiger partial charge is 0.252 e. The van der Waals surface area contributed by atoms with Gasteiger partial charge in [-0.3, -0.25) is 9.63 Å². The first-order valence-electron chi connectivity index (χ1n) is 6.19. The second kappa shape index (κ2) is 5.32. The van der Waals surface area contributed by atoms with E-state index in [0.29, 0.717) is 18.1 Å². The Bertz CT molecular complexity index is 502. The van der Waals surface area contributed by atoms with E-state index in [1.807, 2.05) is 12.2 Å². The van der Waals surface area contributed by atoms with Crippen molar-refractivity contribution in [3.8, 4) is 0 Å². The maximum atomic E-state index is 11.4. The Labute approximate surface area is 111 Å². The van der Waals surface area contributed by atoms with Gasteiger partial charge in [0.15, 0.2) is 11.5 Å². The number of carbonyl (C=O) groups excluding carboxylic acids is 1. The maximum absolute atomic E-state index is 11.4. The molecule has 1 saturated heterocycles. The van der Waals surface area contributed by atoms with Gasteiger partial charge in [-0.15, -0.1) is 0 Å². The van der Waals surface area contributed by atoms with E-state index in [1.54, 1.807) is 6.26 Å². The Morgan fingerprint density at radius 3 is 3.00 bits per heavy atom. The second-order valence-corrected chi connectivity index (χ2v) is 4.34. The van der Waals surface area contributed by atoms with Crippen LogP contribution in [0.4, 0.5) is 0 Å². The molecule has 0 aromatic carbocycles. The van der Waals surface area contributed by atoms with E-state index in [4.69, 9.17) is 14.3 Å². The lowest BCUT2D eigenvalue weighted by Crippen LogP contribution is -2.27. The molecule has 3 aliphatic rings. The molecule has 1 amide bonds. The number of ether oxygens (including phenoxy) is 2. The molecule has 0 unspecified atom stereocenters. The molecule has 5 heteroatoms. The van der Waals surface area contributed by atoms with Gasteiger partial charge in [0.05, 0.1) is 13.0 Å². The lowest BCUT2D eigenvalue weighted by Gasteiger charge is -2.22. The summed E-state index contributed by atoms with van der Waals surface area (Å²) >= 11 is 0. The van der Waals surface area contributed by atoms with Gasteiger partial charge in [0.2, 0.25) is 0 Å². The van der Waals surface area contributed by atoms with Gasteiger partial charge in [-0.25, -0.2) is 5.06 Å². The van der Waals surface area contributed by atoms with Crippen molar-refractivity contribution < 1.29 is 19.1 Å². The van der Waals surface area contributed by atoms with Gasteiger partial charge in [0.1, 0.15) is 19.1 Å². The predicted octanol–water partition coefficient (Wildman–Crippen LogP) is 1.97. The minimum absolute atomic E-state index is 0.152. The molecule has 0 spiro atoms. The zero-order valence-corrected chi connectivity index (χ0v) is 10.4. The van der Waals surface area contributed by atoms with Crippen molar-refractivity contribution in [2.45, 2.75) is 12.8 Å². The van der Waals surface area contributed by atoms with Crippen molar-refractivity contribution in [2.24, 2.45) is 0 Å². The number of carbonyl (C=O) groups is 1. The van der Waals surface area contributed by atoms with Crippen LogP contribution in [0.3, 0.4) is 0 Å². The summed E-state index contributed by atoms with van der Waals surface area (Å²) in [5.74, 6) is 1.09. The molecule has 0 bridgehead atoms. The molecule has 0 atom stereocenters. The van der Waals surface area contributed by atoms with E-state index in [2.05, 4.69) is 6.08 Å². The van der Waals surface area contributed by atoms with Gasteiger partial charge in [0.25, 0.3) is 5.91 Å². The monoisotopic (exact) mass is 260 g/mol. The van der Waals surface area contributed by atoms with Gasteiger partial charge in [-0.1, -0.05) is 18.2 Å². The largest absolute Gasteiger partial charge is 0.465 e. The predicted molar refractivity (Wildman–Crippen MR) is 66.8 cm³/mol. The highest BCUT2D eigenvalue weighted by molar-refractivity contribution is 5.85. The highest BCUT2D eigenvalue weighted by Crippen LogP contribution is 2.26. The number of rotatable bonds is 3. The molecule has 0 saturated carbocycles. The lowest BCUT2D eigenvalue weighted by molar-refractivity contribution is -0.160. The average molecular weight is 260 g/mol. The average Bonchev–Trinajstić information content (AvgIpc) is 2.86. The van der Waals surface area contributed by atoms with Gasteiger partial charge < -0.3 is 9.47 Å². The molecule has 1 aliphatic carbocycles. The highest BCUT2D eigenvalue weighted by atomic mass is 16.7. The van der Waals surface area contributed by atoms with E-state index in [9.17, 15) is 4.79 Å². The van der Waals surface area contributed by atoms with Crippen LogP contribution in [0.1, 0.15) is 12.8 Å². The zero-order valence-electron chi connectivity index (χ0n) is 10.4. The van der Waals surface area contributed by atoms with Crippen LogP contribution in [-0.2, 0) is 19.1 Å². The fraction of sp³-hybridized carbons (Fsp3) is 0.286. The normalized spacial score (nSPS) is 22.4. The quantitative estimate of drug-likeness (QED) is 0.778. The third kappa shape index (κ3) is 2.71. The van der Waals surface area contributed by atoms with Gasteiger partial charge in [-0.2, -0.15) is 0 Å². The van der Waals surface area contributed by atoms with Gasteiger partial charge >= 0.3 is 0 Å². The molecular weight excluding hydrogens is 246 g/mol. The Morgan fingerprint density at radius 1 is 1.32 bits per heavy atom. The SMILES string of the molecule is O=C1[CH]CON1CC1=COC=C(C2=CC=CCC2)O1. The molecule has 1 fully saturated rings. The Balaban J connectivity index is 1.63. The molecule has 3 rings (SSSR count). The van der Waals surface area contributed by atoms with Crippen LogP contribution >= 0.6 is 0 Å². The number of hydrogen-bond donors (Lipinski definition) is 0. The summed E-state index contributed by atoms with van der Waals surface area (Å²) in [6.45, 7) is 0.557. The molecule has 0 N–H and O–H groups in total. The molecular formula is C14H14NO4. The van der Waals surface area contributed by atoms with Crippen LogP contribution in [0.25, 0.3) is 0 Å². The topological polar surface area (TPSA) is 48.0 Å². The molecule has 2 heterocycles. The number of amides is 1. The van der Waals surface area contributed by atoms with E-state index in [0.717, 1.165) is 18.4 Å². The van der Waals surface area contributed by atoms with Crippen molar-refractivity contribution in [1.82, 2.24) is 5.06 Å². The third-order valence-corrected chi connectivity index (χ3v) is 2.98. The second-order valence-electron chi connectivity index (χ2n) is 4.34. The van der Waals surface area contributed by atoms with Crippen molar-refractivity contribution in [2.75, 3.05) is 13.2 Å². The van der Waals surface area contributed by atoms with Crippen LogP contribution in [0.15, 0.2) is 47.8 Å². The first-order chi connectivity index (χ1) is 9.33. The van der Waals surface area contributed by atoms with Crippen LogP contribution in [0.2, 0.25) is 0 Å². The van der Waals surface area contributed by atoms with Crippen LogP contribution in [0, 0.1) is 6.42 Å².